The van der Waals surface area contributed by atoms with E-state index in [9.17, 15) is 13.2 Å². The Bertz CT molecular complexity index is 867. The predicted molar refractivity (Wildman–Crippen MR) is 100 cm³/mol. The summed E-state index contributed by atoms with van der Waals surface area (Å²) in [6, 6.07) is 11.3. The molecule has 0 bridgehead atoms. The van der Waals surface area contributed by atoms with Crippen LogP contribution in [0.3, 0.4) is 0 Å². The summed E-state index contributed by atoms with van der Waals surface area (Å²) in [5.74, 6) is 0.194. The first-order valence-electron chi connectivity index (χ1n) is 7.49. The lowest BCUT2D eigenvalue weighted by atomic mass is 10.2. The van der Waals surface area contributed by atoms with Crippen molar-refractivity contribution in [3.8, 4) is 5.75 Å². The molecule has 0 saturated heterocycles. The van der Waals surface area contributed by atoms with Gasteiger partial charge in [0.15, 0.2) is 0 Å². The summed E-state index contributed by atoms with van der Waals surface area (Å²) in [6.07, 6.45) is 1.14. The molecule has 0 saturated carbocycles. The van der Waals surface area contributed by atoms with Crippen LogP contribution in [0.15, 0.2) is 42.5 Å². The number of nitrogens with one attached hydrogen (secondary N) is 1. The number of benzene rings is 2. The third kappa shape index (κ3) is 4.64. The van der Waals surface area contributed by atoms with E-state index in [4.69, 9.17) is 16.3 Å². The van der Waals surface area contributed by atoms with E-state index in [1.807, 2.05) is 0 Å². The molecule has 1 amide bonds. The number of amides is 1. The molecule has 0 unspecified atom stereocenters. The maximum absolute atomic E-state index is 12.3. The van der Waals surface area contributed by atoms with Crippen LogP contribution >= 0.6 is 11.6 Å². The average Bonchev–Trinajstić information content (AvgIpc) is 2.55. The highest BCUT2D eigenvalue weighted by Gasteiger charge is 2.16. The van der Waals surface area contributed by atoms with Crippen LogP contribution in [-0.4, -0.2) is 34.2 Å². The van der Waals surface area contributed by atoms with Crippen molar-refractivity contribution in [2.24, 2.45) is 0 Å². The first-order chi connectivity index (χ1) is 11.8. The molecule has 0 aliphatic rings. The maximum atomic E-state index is 12.3. The largest absolute Gasteiger partial charge is 0.495 e. The Balaban J connectivity index is 2.16. The number of carbonyl (C=O) groups is 1. The normalized spacial score (nSPS) is 11.0. The van der Waals surface area contributed by atoms with Crippen molar-refractivity contribution in [1.82, 2.24) is 0 Å². The van der Waals surface area contributed by atoms with Crippen molar-refractivity contribution in [3.63, 3.8) is 0 Å². The molecule has 0 aliphatic heterocycles. The zero-order valence-electron chi connectivity index (χ0n) is 14.1. The summed E-state index contributed by atoms with van der Waals surface area (Å²) in [4.78, 5) is 12.3. The van der Waals surface area contributed by atoms with Gasteiger partial charge in [0.2, 0.25) is 10.0 Å². The van der Waals surface area contributed by atoms with Gasteiger partial charge >= 0.3 is 0 Å². The maximum Gasteiger partial charge on any atom is 0.255 e. The van der Waals surface area contributed by atoms with Crippen LogP contribution in [0.2, 0.25) is 5.02 Å². The minimum atomic E-state index is -3.35. The molecule has 6 nitrogen and oxygen atoms in total. The highest BCUT2D eigenvalue weighted by atomic mass is 35.5. The molecule has 0 spiro atoms. The zero-order valence-corrected chi connectivity index (χ0v) is 15.7. The summed E-state index contributed by atoms with van der Waals surface area (Å²) in [6.45, 7) is 2.06. The molecule has 2 aromatic carbocycles. The quantitative estimate of drug-likeness (QED) is 0.830. The minimum Gasteiger partial charge on any atom is -0.495 e. The highest BCUT2D eigenvalue weighted by Crippen LogP contribution is 2.27. The number of hydrogen-bond donors (Lipinski definition) is 1. The molecule has 134 valence electrons. The van der Waals surface area contributed by atoms with Crippen LogP contribution in [0.25, 0.3) is 0 Å². The Hall–Kier alpha value is -2.25. The van der Waals surface area contributed by atoms with E-state index in [1.54, 1.807) is 49.4 Å². The molecule has 2 aromatic rings. The molecular weight excluding hydrogens is 364 g/mol. The van der Waals surface area contributed by atoms with Crippen molar-refractivity contribution in [1.29, 1.82) is 0 Å². The smallest absolute Gasteiger partial charge is 0.255 e. The van der Waals surface area contributed by atoms with Gasteiger partial charge in [0, 0.05) is 17.8 Å². The number of nitrogens with zero attached hydrogens (tertiary/aromatic N) is 1. The number of ether oxygens (including phenoxy) is 1. The lowest BCUT2D eigenvalue weighted by Crippen LogP contribution is -2.29. The van der Waals surface area contributed by atoms with Crippen molar-refractivity contribution in [3.05, 3.63) is 53.1 Å². The number of anilines is 2. The van der Waals surface area contributed by atoms with E-state index in [-0.39, 0.29) is 5.91 Å². The topological polar surface area (TPSA) is 75.7 Å². The molecule has 0 fully saturated rings. The summed E-state index contributed by atoms with van der Waals surface area (Å²) < 4.78 is 29.8. The number of sulfonamides is 1. The fraction of sp³-hybridized carbons (Fsp3) is 0.235. The van der Waals surface area contributed by atoms with Crippen LogP contribution < -0.4 is 14.4 Å². The van der Waals surface area contributed by atoms with E-state index < -0.39 is 10.0 Å². The molecule has 0 aliphatic carbocycles. The van der Waals surface area contributed by atoms with Crippen LogP contribution in [0.4, 0.5) is 11.4 Å². The molecular formula is C17H19ClN2O4S. The number of methoxy groups -OCH3 is 1. The second-order valence-corrected chi connectivity index (χ2v) is 7.59. The second kappa shape index (κ2) is 7.76. The predicted octanol–water partition coefficient (Wildman–Crippen LogP) is 3.39. The molecule has 25 heavy (non-hydrogen) atoms. The van der Waals surface area contributed by atoms with Gasteiger partial charge in [-0.3, -0.25) is 9.10 Å². The van der Waals surface area contributed by atoms with Crippen molar-refractivity contribution < 1.29 is 17.9 Å². The van der Waals surface area contributed by atoms with Gasteiger partial charge in [0.05, 0.1) is 24.1 Å². The number of rotatable bonds is 6. The first kappa shape index (κ1) is 19.1. The third-order valence-electron chi connectivity index (χ3n) is 3.51. The van der Waals surface area contributed by atoms with Crippen molar-refractivity contribution >= 4 is 38.9 Å². The van der Waals surface area contributed by atoms with Gasteiger partial charge in [-0.05, 0) is 49.4 Å². The molecule has 0 atom stereocenters. The Morgan fingerprint density at radius 2 is 1.84 bits per heavy atom. The zero-order chi connectivity index (χ0) is 18.6. The molecule has 0 heterocycles. The monoisotopic (exact) mass is 382 g/mol. The highest BCUT2D eigenvalue weighted by molar-refractivity contribution is 7.92. The van der Waals surface area contributed by atoms with Crippen LogP contribution in [-0.2, 0) is 10.0 Å². The van der Waals surface area contributed by atoms with E-state index in [0.717, 1.165) is 6.26 Å². The molecule has 1 N–H and O–H groups in total. The lowest BCUT2D eigenvalue weighted by molar-refractivity contribution is 0.102. The number of carbonyl (C=O) groups excluding carboxylic acids is 1. The van der Waals surface area contributed by atoms with E-state index in [2.05, 4.69) is 5.32 Å². The first-order valence-corrected chi connectivity index (χ1v) is 9.71. The second-order valence-electron chi connectivity index (χ2n) is 5.28. The van der Waals surface area contributed by atoms with Crippen molar-refractivity contribution in [2.75, 3.05) is 29.5 Å². The Labute approximate surface area is 152 Å². The van der Waals surface area contributed by atoms with Gasteiger partial charge in [-0.2, -0.15) is 0 Å². The van der Waals surface area contributed by atoms with Crippen LogP contribution in [0.5, 0.6) is 5.75 Å². The summed E-state index contributed by atoms with van der Waals surface area (Å²) in [7, 11) is -1.84. The van der Waals surface area contributed by atoms with Crippen molar-refractivity contribution in [2.45, 2.75) is 6.92 Å². The molecule has 0 aromatic heterocycles. The Morgan fingerprint density at radius 1 is 1.20 bits per heavy atom. The average molecular weight is 383 g/mol. The summed E-state index contributed by atoms with van der Waals surface area (Å²) in [5, 5.41) is 3.12. The van der Waals surface area contributed by atoms with Gasteiger partial charge in [-0.1, -0.05) is 11.6 Å². The number of halogens is 1. The number of hydrogen-bond acceptors (Lipinski definition) is 4. The van der Waals surface area contributed by atoms with Gasteiger partial charge < -0.3 is 10.1 Å². The van der Waals surface area contributed by atoms with Gasteiger partial charge in [-0.15, -0.1) is 0 Å². The van der Waals surface area contributed by atoms with Gasteiger partial charge in [0.25, 0.3) is 5.91 Å². The fourth-order valence-corrected chi connectivity index (χ4v) is 3.57. The molecule has 0 radical (unpaired) electrons. The van der Waals surface area contributed by atoms with E-state index >= 15 is 0 Å². The SMILES string of the molecule is CCN(c1ccc(C(=O)Nc2ccc(OC)c(Cl)c2)cc1)S(C)(=O)=O. The standard InChI is InChI=1S/C17H19ClN2O4S/c1-4-20(25(3,22)23)14-8-5-12(6-9-14)17(21)19-13-7-10-16(24-2)15(18)11-13/h5-11H,4H2,1-3H3,(H,19,21). The Morgan fingerprint density at radius 3 is 2.32 bits per heavy atom. The van der Waals surface area contributed by atoms with Crippen LogP contribution in [0, 0.1) is 0 Å². The van der Waals surface area contributed by atoms with E-state index in [1.165, 1.54) is 11.4 Å². The molecule has 8 heteroatoms. The van der Waals surface area contributed by atoms with Gasteiger partial charge in [0.1, 0.15) is 5.75 Å². The lowest BCUT2D eigenvalue weighted by Gasteiger charge is -2.20. The Kier molecular flexibility index (Phi) is 5.92. The van der Waals surface area contributed by atoms with Crippen LogP contribution in [0.1, 0.15) is 17.3 Å². The summed E-state index contributed by atoms with van der Waals surface area (Å²) >= 11 is 6.03. The molecule has 2 rings (SSSR count). The summed E-state index contributed by atoms with van der Waals surface area (Å²) in [5.41, 5.74) is 1.44. The van der Waals surface area contributed by atoms with Gasteiger partial charge in [-0.25, -0.2) is 8.42 Å². The minimum absolute atomic E-state index is 0.314. The third-order valence-corrected chi connectivity index (χ3v) is 5.08. The fourth-order valence-electron chi connectivity index (χ4n) is 2.34. The van der Waals surface area contributed by atoms with E-state index in [0.29, 0.717) is 34.3 Å².